The zero-order valence-corrected chi connectivity index (χ0v) is 11.3. The molecule has 0 aliphatic carbocycles. The van der Waals surface area contributed by atoms with E-state index in [1.54, 1.807) is 36.1 Å². The van der Waals surface area contributed by atoms with Gasteiger partial charge < -0.3 is 14.2 Å². The molecule has 0 spiro atoms. The van der Waals surface area contributed by atoms with Gasteiger partial charge in [-0.1, -0.05) is 15.9 Å². The van der Waals surface area contributed by atoms with Crippen LogP contribution in [0.2, 0.25) is 0 Å². The van der Waals surface area contributed by atoms with Gasteiger partial charge in [0.1, 0.15) is 5.69 Å². The Kier molecular flexibility index (Phi) is 4.95. The van der Waals surface area contributed by atoms with Crippen LogP contribution < -0.4 is 0 Å². The summed E-state index contributed by atoms with van der Waals surface area (Å²) in [5, 5.41) is 0. The molecule has 1 aromatic heterocycles. The number of imidazole rings is 1. The number of methoxy groups -OCH3 is 1. The molecule has 0 bridgehead atoms. The molecule has 0 saturated carbocycles. The van der Waals surface area contributed by atoms with Crippen LogP contribution in [0.3, 0.4) is 0 Å². The van der Waals surface area contributed by atoms with E-state index in [4.69, 9.17) is 4.74 Å². The first-order valence-electron chi connectivity index (χ1n) is 4.91. The molecule has 6 heteroatoms. The molecule has 1 heterocycles. The second-order valence-electron chi connectivity index (χ2n) is 3.66. The SMILES string of the molecule is COCC(Br)CN(C)C(=O)c1cn(C)cn1. The van der Waals surface area contributed by atoms with E-state index < -0.39 is 0 Å². The van der Waals surface area contributed by atoms with Gasteiger partial charge in [0.05, 0.1) is 17.8 Å². The number of rotatable bonds is 5. The Labute approximate surface area is 104 Å². The van der Waals surface area contributed by atoms with Crippen molar-refractivity contribution < 1.29 is 9.53 Å². The van der Waals surface area contributed by atoms with E-state index in [1.807, 2.05) is 7.05 Å². The maximum atomic E-state index is 11.9. The standard InChI is InChI=1S/C10H16BrN3O2/c1-13-5-9(12-7-13)10(15)14(2)4-8(11)6-16-3/h5,7-8H,4,6H2,1-3H3. The van der Waals surface area contributed by atoms with Crippen LogP contribution in [0.5, 0.6) is 0 Å². The molecule has 1 rings (SSSR count). The lowest BCUT2D eigenvalue weighted by molar-refractivity contribution is 0.0779. The molecular weight excluding hydrogens is 274 g/mol. The van der Waals surface area contributed by atoms with Gasteiger partial charge in [-0.3, -0.25) is 4.79 Å². The van der Waals surface area contributed by atoms with Gasteiger partial charge in [-0.05, 0) is 0 Å². The molecule has 16 heavy (non-hydrogen) atoms. The van der Waals surface area contributed by atoms with Gasteiger partial charge in [0.25, 0.3) is 5.91 Å². The fourth-order valence-electron chi connectivity index (χ4n) is 1.33. The van der Waals surface area contributed by atoms with Crippen molar-refractivity contribution in [2.24, 2.45) is 7.05 Å². The highest BCUT2D eigenvalue weighted by Gasteiger charge is 2.16. The normalized spacial score (nSPS) is 12.5. The molecule has 5 nitrogen and oxygen atoms in total. The second kappa shape index (κ2) is 6.00. The summed E-state index contributed by atoms with van der Waals surface area (Å²) in [5.41, 5.74) is 0.460. The predicted octanol–water partition coefficient (Wildman–Crippen LogP) is 0.902. The van der Waals surface area contributed by atoms with Crippen molar-refractivity contribution in [3.63, 3.8) is 0 Å². The first-order chi connectivity index (χ1) is 7.54. The fraction of sp³-hybridized carbons (Fsp3) is 0.600. The first kappa shape index (κ1) is 13.2. The summed E-state index contributed by atoms with van der Waals surface area (Å²) in [6.07, 6.45) is 3.32. The van der Waals surface area contributed by atoms with Crippen LogP contribution in [0.25, 0.3) is 0 Å². The number of carbonyl (C=O) groups excluding carboxylic acids is 1. The highest BCUT2D eigenvalue weighted by Crippen LogP contribution is 2.05. The summed E-state index contributed by atoms with van der Waals surface area (Å²) >= 11 is 3.44. The number of alkyl halides is 1. The Morgan fingerprint density at radius 1 is 1.75 bits per heavy atom. The maximum Gasteiger partial charge on any atom is 0.273 e. The lowest BCUT2D eigenvalue weighted by Gasteiger charge is -2.19. The van der Waals surface area contributed by atoms with E-state index in [0.717, 1.165) is 0 Å². The number of hydrogen-bond acceptors (Lipinski definition) is 3. The lowest BCUT2D eigenvalue weighted by Crippen LogP contribution is -2.33. The molecule has 0 aliphatic heterocycles. The van der Waals surface area contributed by atoms with Crippen molar-refractivity contribution in [3.05, 3.63) is 18.2 Å². The third kappa shape index (κ3) is 3.61. The summed E-state index contributed by atoms with van der Waals surface area (Å²) in [6.45, 7) is 1.16. The van der Waals surface area contributed by atoms with Crippen molar-refractivity contribution >= 4 is 21.8 Å². The molecule has 1 unspecified atom stereocenters. The summed E-state index contributed by atoms with van der Waals surface area (Å²) in [6, 6.07) is 0. The van der Waals surface area contributed by atoms with Gasteiger partial charge in [0.2, 0.25) is 0 Å². The van der Waals surface area contributed by atoms with E-state index >= 15 is 0 Å². The van der Waals surface area contributed by atoms with Crippen LogP contribution in [0.1, 0.15) is 10.5 Å². The van der Waals surface area contributed by atoms with Crippen molar-refractivity contribution in [2.45, 2.75) is 4.83 Å². The highest BCUT2D eigenvalue weighted by atomic mass is 79.9. The van der Waals surface area contributed by atoms with Crippen molar-refractivity contribution in [1.82, 2.24) is 14.5 Å². The summed E-state index contributed by atoms with van der Waals surface area (Å²) < 4.78 is 6.74. The zero-order valence-electron chi connectivity index (χ0n) is 9.68. The quantitative estimate of drug-likeness (QED) is 0.757. The molecule has 0 aliphatic rings. The Balaban J connectivity index is 2.54. The largest absolute Gasteiger partial charge is 0.383 e. The topological polar surface area (TPSA) is 47.4 Å². The summed E-state index contributed by atoms with van der Waals surface area (Å²) in [4.78, 5) is 17.7. The Hall–Kier alpha value is -0.880. The number of hydrogen-bond donors (Lipinski definition) is 0. The monoisotopic (exact) mass is 289 g/mol. The molecule has 1 amide bonds. The molecule has 0 saturated heterocycles. The van der Waals surface area contributed by atoms with Crippen molar-refractivity contribution in [1.29, 1.82) is 0 Å². The fourth-order valence-corrected chi connectivity index (χ4v) is 2.03. The molecule has 0 radical (unpaired) electrons. The van der Waals surface area contributed by atoms with Crippen LogP contribution in [-0.2, 0) is 11.8 Å². The van der Waals surface area contributed by atoms with Crippen molar-refractivity contribution in [2.75, 3.05) is 27.3 Å². The number of amides is 1. The van der Waals surface area contributed by atoms with Gasteiger partial charge in [-0.25, -0.2) is 4.98 Å². The predicted molar refractivity (Wildman–Crippen MR) is 64.8 cm³/mol. The second-order valence-corrected chi connectivity index (χ2v) is 4.96. The van der Waals surface area contributed by atoms with Crippen LogP contribution >= 0.6 is 15.9 Å². The van der Waals surface area contributed by atoms with Crippen LogP contribution in [-0.4, -0.2) is 52.5 Å². The third-order valence-electron chi connectivity index (χ3n) is 2.09. The number of nitrogens with zero attached hydrogens (tertiary/aromatic N) is 3. The first-order valence-corrected chi connectivity index (χ1v) is 5.82. The Morgan fingerprint density at radius 2 is 2.44 bits per heavy atom. The lowest BCUT2D eigenvalue weighted by atomic mass is 10.3. The van der Waals surface area contributed by atoms with Crippen LogP contribution in [0, 0.1) is 0 Å². The minimum absolute atomic E-state index is 0.0823. The smallest absolute Gasteiger partial charge is 0.273 e. The van der Waals surface area contributed by atoms with Gasteiger partial charge in [-0.15, -0.1) is 0 Å². The van der Waals surface area contributed by atoms with Gasteiger partial charge in [-0.2, -0.15) is 0 Å². The van der Waals surface area contributed by atoms with Crippen LogP contribution in [0.15, 0.2) is 12.5 Å². The summed E-state index contributed by atoms with van der Waals surface area (Å²) in [5.74, 6) is -0.0823. The Morgan fingerprint density at radius 3 is 2.94 bits per heavy atom. The van der Waals surface area contributed by atoms with E-state index in [-0.39, 0.29) is 10.7 Å². The minimum Gasteiger partial charge on any atom is -0.383 e. The Bertz CT molecular complexity index is 354. The van der Waals surface area contributed by atoms with Gasteiger partial charge in [0, 0.05) is 33.9 Å². The number of aromatic nitrogens is 2. The van der Waals surface area contributed by atoms with E-state index in [2.05, 4.69) is 20.9 Å². The van der Waals surface area contributed by atoms with E-state index in [0.29, 0.717) is 18.8 Å². The minimum atomic E-state index is -0.0823. The molecule has 90 valence electrons. The third-order valence-corrected chi connectivity index (χ3v) is 2.64. The molecule has 1 aromatic rings. The number of aryl methyl sites for hydroxylation is 1. The molecular formula is C10H16BrN3O2. The zero-order chi connectivity index (χ0) is 12.1. The van der Waals surface area contributed by atoms with E-state index in [9.17, 15) is 4.79 Å². The highest BCUT2D eigenvalue weighted by molar-refractivity contribution is 9.09. The maximum absolute atomic E-state index is 11.9. The molecule has 0 fully saturated rings. The average molecular weight is 290 g/mol. The molecule has 1 atom stereocenters. The number of carbonyl (C=O) groups is 1. The van der Waals surface area contributed by atoms with Gasteiger partial charge in [0.15, 0.2) is 0 Å². The van der Waals surface area contributed by atoms with Gasteiger partial charge >= 0.3 is 0 Å². The average Bonchev–Trinajstić information content (AvgIpc) is 2.64. The van der Waals surface area contributed by atoms with Crippen LogP contribution in [0.4, 0.5) is 0 Å². The number of halogens is 1. The van der Waals surface area contributed by atoms with Crippen molar-refractivity contribution in [3.8, 4) is 0 Å². The molecule has 0 N–H and O–H groups in total. The molecule has 0 aromatic carbocycles. The van der Waals surface area contributed by atoms with E-state index in [1.165, 1.54) is 0 Å². The summed E-state index contributed by atoms with van der Waals surface area (Å²) in [7, 11) is 5.22. The number of ether oxygens (including phenoxy) is 1.